The van der Waals surface area contributed by atoms with E-state index in [0.717, 1.165) is 4.47 Å². The number of benzene rings is 2. The number of halogens is 3. The SMILES string of the molecule is Brc1ccc(I)cc1C(Br)c1ccc2c(c1)CCCC2. The minimum absolute atomic E-state index is 0.249. The van der Waals surface area contributed by atoms with Gasteiger partial charge in [0.05, 0.1) is 4.83 Å². The molecule has 0 heterocycles. The fourth-order valence-corrected chi connectivity index (χ4v) is 4.76. The van der Waals surface area contributed by atoms with Crippen LogP contribution in [-0.4, -0.2) is 0 Å². The molecule has 2 aromatic carbocycles. The van der Waals surface area contributed by atoms with E-state index in [1.165, 1.54) is 40.4 Å². The van der Waals surface area contributed by atoms with Gasteiger partial charge in [-0.05, 0) is 88.7 Å². The van der Waals surface area contributed by atoms with Crippen molar-refractivity contribution in [2.75, 3.05) is 0 Å². The summed E-state index contributed by atoms with van der Waals surface area (Å²) in [5.41, 5.74) is 5.74. The van der Waals surface area contributed by atoms with Crippen LogP contribution in [0.5, 0.6) is 0 Å². The van der Waals surface area contributed by atoms with Gasteiger partial charge in [0, 0.05) is 8.04 Å². The molecule has 0 saturated carbocycles. The maximum absolute atomic E-state index is 3.87. The summed E-state index contributed by atoms with van der Waals surface area (Å²) in [6.07, 6.45) is 5.15. The zero-order chi connectivity index (χ0) is 14.1. The molecule has 3 heteroatoms. The van der Waals surface area contributed by atoms with Gasteiger partial charge in [0.2, 0.25) is 0 Å². The first-order valence-electron chi connectivity index (χ1n) is 6.86. The summed E-state index contributed by atoms with van der Waals surface area (Å²) in [5.74, 6) is 0. The second-order valence-electron chi connectivity index (χ2n) is 5.26. The quantitative estimate of drug-likeness (QED) is 0.326. The second-order valence-corrected chi connectivity index (χ2v) is 8.28. The van der Waals surface area contributed by atoms with Crippen molar-refractivity contribution in [3.05, 3.63) is 66.7 Å². The monoisotopic (exact) mass is 504 g/mol. The average Bonchev–Trinajstić information content (AvgIpc) is 2.48. The summed E-state index contributed by atoms with van der Waals surface area (Å²) in [7, 11) is 0. The smallest absolute Gasteiger partial charge is 0.0656 e. The van der Waals surface area contributed by atoms with Gasteiger partial charge in [-0.25, -0.2) is 0 Å². The molecule has 0 fully saturated rings. The van der Waals surface area contributed by atoms with Gasteiger partial charge in [-0.3, -0.25) is 0 Å². The molecular weight excluding hydrogens is 491 g/mol. The minimum atomic E-state index is 0.249. The lowest BCUT2D eigenvalue weighted by Crippen LogP contribution is -2.04. The van der Waals surface area contributed by atoms with Crippen LogP contribution >= 0.6 is 54.5 Å². The van der Waals surface area contributed by atoms with E-state index < -0.39 is 0 Å². The molecule has 1 unspecified atom stereocenters. The maximum Gasteiger partial charge on any atom is 0.0656 e. The van der Waals surface area contributed by atoms with Gasteiger partial charge in [-0.15, -0.1) is 0 Å². The summed E-state index contributed by atoms with van der Waals surface area (Å²) >= 11 is 9.91. The van der Waals surface area contributed by atoms with Gasteiger partial charge in [-0.1, -0.05) is 50.1 Å². The van der Waals surface area contributed by atoms with Crippen LogP contribution in [0.3, 0.4) is 0 Å². The highest BCUT2D eigenvalue weighted by atomic mass is 127. The van der Waals surface area contributed by atoms with Gasteiger partial charge >= 0.3 is 0 Å². The van der Waals surface area contributed by atoms with Gasteiger partial charge in [-0.2, -0.15) is 0 Å². The Kier molecular flexibility index (Phi) is 4.88. The van der Waals surface area contributed by atoms with Crippen molar-refractivity contribution in [2.45, 2.75) is 30.5 Å². The fourth-order valence-electron chi connectivity index (χ4n) is 2.80. The van der Waals surface area contributed by atoms with Gasteiger partial charge in [0.15, 0.2) is 0 Å². The Labute approximate surface area is 150 Å². The molecule has 0 N–H and O–H groups in total. The number of rotatable bonds is 2. The van der Waals surface area contributed by atoms with Crippen LogP contribution in [0.1, 0.15) is 39.9 Å². The molecule has 20 heavy (non-hydrogen) atoms. The van der Waals surface area contributed by atoms with E-state index in [4.69, 9.17) is 0 Å². The van der Waals surface area contributed by atoms with Gasteiger partial charge < -0.3 is 0 Å². The number of fused-ring (bicyclic) bond motifs is 1. The Bertz CT molecular complexity index is 637. The summed E-state index contributed by atoms with van der Waals surface area (Å²) < 4.78 is 2.43. The first kappa shape index (κ1) is 15.0. The Morgan fingerprint density at radius 2 is 1.70 bits per heavy atom. The predicted octanol–water partition coefficient (Wildman–Crippen LogP) is 6.42. The van der Waals surface area contributed by atoms with E-state index in [-0.39, 0.29) is 4.83 Å². The van der Waals surface area contributed by atoms with Crippen LogP contribution in [0.4, 0.5) is 0 Å². The molecule has 104 valence electrons. The lowest BCUT2D eigenvalue weighted by molar-refractivity contribution is 0.684. The standard InChI is InChI=1S/C17H15Br2I/c18-16-8-7-14(20)10-15(16)17(19)13-6-5-11-3-1-2-4-12(11)9-13/h5-10,17H,1-4H2. The molecule has 1 aliphatic carbocycles. The number of hydrogen-bond donors (Lipinski definition) is 0. The summed E-state index contributed by atoms with van der Waals surface area (Å²) in [5, 5.41) is 0. The van der Waals surface area contributed by atoms with Crippen molar-refractivity contribution in [1.29, 1.82) is 0 Å². The third kappa shape index (κ3) is 3.14. The Balaban J connectivity index is 1.97. The van der Waals surface area contributed by atoms with Crippen molar-refractivity contribution >= 4 is 54.5 Å². The van der Waals surface area contributed by atoms with Crippen LogP contribution in [-0.2, 0) is 12.8 Å². The van der Waals surface area contributed by atoms with E-state index in [9.17, 15) is 0 Å². The van der Waals surface area contributed by atoms with Crippen molar-refractivity contribution in [3.63, 3.8) is 0 Å². The third-order valence-corrected chi connectivity index (χ3v) is 6.31. The molecule has 1 atom stereocenters. The van der Waals surface area contributed by atoms with E-state index in [1.807, 2.05) is 0 Å². The van der Waals surface area contributed by atoms with E-state index in [2.05, 4.69) is 90.8 Å². The molecule has 0 amide bonds. The number of hydrogen-bond acceptors (Lipinski definition) is 0. The van der Waals surface area contributed by atoms with Crippen LogP contribution < -0.4 is 0 Å². The van der Waals surface area contributed by atoms with Crippen LogP contribution in [0.15, 0.2) is 40.9 Å². The summed E-state index contributed by atoms with van der Waals surface area (Å²) in [6, 6.07) is 13.5. The van der Waals surface area contributed by atoms with Crippen molar-refractivity contribution in [3.8, 4) is 0 Å². The largest absolute Gasteiger partial charge is 0.0786 e. The van der Waals surface area contributed by atoms with Crippen molar-refractivity contribution in [1.82, 2.24) is 0 Å². The topological polar surface area (TPSA) is 0 Å². The van der Waals surface area contributed by atoms with Crippen LogP contribution in [0.2, 0.25) is 0 Å². The molecule has 1 aliphatic rings. The Morgan fingerprint density at radius 1 is 0.950 bits per heavy atom. The molecule has 0 radical (unpaired) electrons. The van der Waals surface area contributed by atoms with Gasteiger partial charge in [0.1, 0.15) is 0 Å². The van der Waals surface area contributed by atoms with Crippen LogP contribution in [0, 0.1) is 3.57 Å². The normalized spacial score (nSPS) is 15.8. The predicted molar refractivity (Wildman–Crippen MR) is 101 cm³/mol. The van der Waals surface area contributed by atoms with Crippen molar-refractivity contribution < 1.29 is 0 Å². The molecule has 0 bridgehead atoms. The van der Waals surface area contributed by atoms with Gasteiger partial charge in [0.25, 0.3) is 0 Å². The molecule has 0 spiro atoms. The fraction of sp³-hybridized carbons (Fsp3) is 0.294. The zero-order valence-corrected chi connectivity index (χ0v) is 16.3. The highest BCUT2D eigenvalue weighted by molar-refractivity contribution is 14.1. The molecule has 0 nitrogen and oxygen atoms in total. The van der Waals surface area contributed by atoms with E-state index >= 15 is 0 Å². The first-order valence-corrected chi connectivity index (χ1v) is 9.64. The molecule has 3 rings (SSSR count). The zero-order valence-electron chi connectivity index (χ0n) is 11.0. The summed E-state index contributed by atoms with van der Waals surface area (Å²) in [6.45, 7) is 0. The second kappa shape index (κ2) is 6.49. The number of aryl methyl sites for hydroxylation is 2. The van der Waals surface area contributed by atoms with Crippen LogP contribution in [0.25, 0.3) is 0 Å². The summed E-state index contributed by atoms with van der Waals surface area (Å²) in [4.78, 5) is 0.249. The Morgan fingerprint density at radius 3 is 2.50 bits per heavy atom. The third-order valence-electron chi connectivity index (χ3n) is 3.90. The average molecular weight is 506 g/mol. The molecule has 0 saturated heterocycles. The molecular formula is C17H15Br2I. The molecule has 0 aliphatic heterocycles. The van der Waals surface area contributed by atoms with Crippen molar-refractivity contribution in [2.24, 2.45) is 0 Å². The van der Waals surface area contributed by atoms with E-state index in [1.54, 1.807) is 11.1 Å². The minimum Gasteiger partial charge on any atom is -0.0786 e. The number of alkyl halides is 1. The lowest BCUT2D eigenvalue weighted by Gasteiger charge is -2.19. The highest BCUT2D eigenvalue weighted by Gasteiger charge is 2.17. The molecule has 2 aromatic rings. The first-order chi connectivity index (χ1) is 9.65. The van der Waals surface area contributed by atoms with E-state index in [0.29, 0.717) is 0 Å². The molecule has 0 aromatic heterocycles. The maximum atomic E-state index is 3.87. The highest BCUT2D eigenvalue weighted by Crippen LogP contribution is 2.37. The lowest BCUT2D eigenvalue weighted by atomic mass is 9.89. The Hall–Kier alpha value is 0.130.